The van der Waals surface area contributed by atoms with Gasteiger partial charge in [0.25, 0.3) is 5.69 Å². The van der Waals surface area contributed by atoms with Crippen LogP contribution in [0.5, 0.6) is 0 Å². The summed E-state index contributed by atoms with van der Waals surface area (Å²) >= 11 is 1.51. The van der Waals surface area contributed by atoms with Crippen molar-refractivity contribution in [2.24, 2.45) is 0 Å². The lowest BCUT2D eigenvalue weighted by atomic mass is 10.1. The maximum absolute atomic E-state index is 11.8. The number of aryl methyl sites for hydroxylation is 1. The van der Waals surface area contributed by atoms with Gasteiger partial charge in [0, 0.05) is 34.9 Å². The van der Waals surface area contributed by atoms with Crippen molar-refractivity contribution in [2.75, 3.05) is 0 Å². The largest absolute Gasteiger partial charge is 0.478 e. The summed E-state index contributed by atoms with van der Waals surface area (Å²) < 4.78 is 1.88. The van der Waals surface area contributed by atoms with E-state index >= 15 is 0 Å². The third kappa shape index (κ3) is 5.21. The minimum atomic E-state index is -0.989. The predicted molar refractivity (Wildman–Crippen MR) is 117 cm³/mol. The van der Waals surface area contributed by atoms with Crippen LogP contribution < -0.4 is 0 Å². The average molecular weight is 426 g/mol. The molecule has 0 radical (unpaired) electrons. The van der Waals surface area contributed by atoms with E-state index in [1.165, 1.54) is 17.4 Å². The molecule has 0 bridgehead atoms. The number of imidazole rings is 1. The van der Waals surface area contributed by atoms with Gasteiger partial charge >= 0.3 is 5.97 Å². The van der Waals surface area contributed by atoms with E-state index in [0.717, 1.165) is 30.0 Å². The molecule has 7 nitrogen and oxygen atoms in total. The highest BCUT2D eigenvalue weighted by Crippen LogP contribution is 2.23. The van der Waals surface area contributed by atoms with Crippen molar-refractivity contribution >= 4 is 29.1 Å². The average Bonchev–Trinajstić information content (AvgIpc) is 3.36. The molecule has 0 unspecified atom stereocenters. The number of nitro groups is 1. The van der Waals surface area contributed by atoms with E-state index in [0.29, 0.717) is 17.7 Å². The number of unbranched alkanes of at least 4 members (excludes halogenated alkanes) is 1. The number of hydrogen-bond donors (Lipinski definition) is 1. The molecule has 2 aromatic heterocycles. The molecule has 0 aliphatic heterocycles. The molecule has 2 heterocycles. The summed E-state index contributed by atoms with van der Waals surface area (Å²) in [5.41, 5.74) is 1.49. The van der Waals surface area contributed by atoms with Crippen LogP contribution >= 0.6 is 11.3 Å². The highest BCUT2D eigenvalue weighted by atomic mass is 32.1. The molecular weight excluding hydrogens is 402 g/mol. The first-order valence-corrected chi connectivity index (χ1v) is 10.6. The van der Waals surface area contributed by atoms with Gasteiger partial charge in [-0.25, -0.2) is 9.78 Å². The Morgan fingerprint density at radius 1 is 1.30 bits per heavy atom. The van der Waals surface area contributed by atoms with E-state index in [1.807, 2.05) is 22.1 Å². The first-order chi connectivity index (χ1) is 14.5. The van der Waals surface area contributed by atoms with Crippen molar-refractivity contribution in [3.8, 4) is 0 Å². The lowest BCUT2D eigenvalue weighted by Crippen LogP contribution is -2.10. The number of nitrogens with zero attached hydrogens (tertiary/aromatic N) is 3. The Morgan fingerprint density at radius 3 is 2.77 bits per heavy atom. The zero-order chi connectivity index (χ0) is 21.5. The monoisotopic (exact) mass is 425 g/mol. The molecule has 3 rings (SSSR count). The summed E-state index contributed by atoms with van der Waals surface area (Å²) in [5, 5.41) is 23.0. The van der Waals surface area contributed by atoms with Crippen LogP contribution in [0.15, 0.2) is 53.5 Å². The minimum Gasteiger partial charge on any atom is -0.478 e. The van der Waals surface area contributed by atoms with Crippen LogP contribution in [0, 0.1) is 10.1 Å². The van der Waals surface area contributed by atoms with E-state index in [2.05, 4.69) is 11.9 Å². The molecule has 0 amide bonds. The van der Waals surface area contributed by atoms with Gasteiger partial charge in [0.1, 0.15) is 5.82 Å². The molecule has 1 aromatic carbocycles. The highest BCUT2D eigenvalue weighted by molar-refractivity contribution is 7.09. The third-order valence-corrected chi connectivity index (χ3v) is 5.66. The van der Waals surface area contributed by atoms with Crippen LogP contribution in [0.2, 0.25) is 0 Å². The summed E-state index contributed by atoms with van der Waals surface area (Å²) in [6.07, 6.45) is 6.23. The summed E-state index contributed by atoms with van der Waals surface area (Å²) in [6, 6.07) is 10.4. The van der Waals surface area contributed by atoms with Crippen LogP contribution in [-0.2, 0) is 24.2 Å². The fourth-order valence-corrected chi connectivity index (χ4v) is 3.95. The second-order valence-electron chi connectivity index (χ2n) is 6.91. The Morgan fingerprint density at radius 2 is 2.10 bits per heavy atom. The Hall–Kier alpha value is -3.26. The van der Waals surface area contributed by atoms with Gasteiger partial charge < -0.3 is 9.67 Å². The number of hydrogen-bond acceptors (Lipinski definition) is 5. The summed E-state index contributed by atoms with van der Waals surface area (Å²) in [5.74, 6) is -0.195. The van der Waals surface area contributed by atoms with E-state index in [-0.39, 0.29) is 17.8 Å². The molecule has 0 fully saturated rings. The number of thiophene rings is 1. The number of carboxylic acids is 1. The lowest BCUT2D eigenvalue weighted by molar-refractivity contribution is -0.385. The van der Waals surface area contributed by atoms with Crippen LogP contribution in [0.4, 0.5) is 5.69 Å². The lowest BCUT2D eigenvalue weighted by Gasteiger charge is -2.12. The molecule has 0 saturated carbocycles. The van der Waals surface area contributed by atoms with Crippen LogP contribution in [0.3, 0.4) is 0 Å². The fourth-order valence-electron chi connectivity index (χ4n) is 3.22. The van der Waals surface area contributed by atoms with E-state index in [1.54, 1.807) is 30.5 Å². The SMILES string of the molecule is CCCCc1ncc(/C=C(\Cc2cccs2)C(=O)O)n1Cc1ccccc1[N+](=O)[O-]. The number of rotatable bonds is 10. The summed E-state index contributed by atoms with van der Waals surface area (Å²) in [7, 11) is 0. The molecule has 30 heavy (non-hydrogen) atoms. The normalized spacial score (nSPS) is 11.6. The Balaban J connectivity index is 2.01. The van der Waals surface area contributed by atoms with Crippen molar-refractivity contribution in [2.45, 2.75) is 39.2 Å². The third-order valence-electron chi connectivity index (χ3n) is 4.78. The van der Waals surface area contributed by atoms with Crippen molar-refractivity contribution in [1.29, 1.82) is 0 Å². The van der Waals surface area contributed by atoms with Gasteiger partial charge in [0.2, 0.25) is 0 Å². The molecule has 0 aliphatic carbocycles. The molecular formula is C22H23N3O4S. The second-order valence-corrected chi connectivity index (χ2v) is 7.94. The van der Waals surface area contributed by atoms with Crippen molar-refractivity contribution in [3.05, 3.63) is 85.6 Å². The maximum atomic E-state index is 11.8. The topological polar surface area (TPSA) is 98.3 Å². The van der Waals surface area contributed by atoms with Crippen molar-refractivity contribution in [1.82, 2.24) is 9.55 Å². The number of carbonyl (C=O) groups is 1. The fraction of sp³-hybridized carbons (Fsp3) is 0.273. The molecule has 156 valence electrons. The Kier molecular flexibility index (Phi) is 7.13. The summed E-state index contributed by atoms with van der Waals surface area (Å²) in [4.78, 5) is 28.3. The smallest absolute Gasteiger partial charge is 0.332 e. The van der Waals surface area contributed by atoms with Gasteiger partial charge in [0.05, 0.1) is 23.4 Å². The molecule has 0 saturated heterocycles. The van der Waals surface area contributed by atoms with Gasteiger partial charge in [-0.1, -0.05) is 37.6 Å². The van der Waals surface area contributed by atoms with E-state index in [4.69, 9.17) is 0 Å². The molecule has 0 aliphatic rings. The number of nitro benzene ring substituents is 1. The number of aromatic nitrogens is 2. The van der Waals surface area contributed by atoms with Crippen molar-refractivity contribution < 1.29 is 14.8 Å². The molecule has 3 aromatic rings. The molecule has 1 N–H and O–H groups in total. The van der Waals surface area contributed by atoms with Crippen molar-refractivity contribution in [3.63, 3.8) is 0 Å². The van der Waals surface area contributed by atoms with Gasteiger partial charge in [-0.05, 0) is 23.9 Å². The first kappa shape index (κ1) is 21.4. The van der Waals surface area contributed by atoms with E-state index in [9.17, 15) is 20.0 Å². The Labute approximate surface area is 178 Å². The number of para-hydroxylation sites is 1. The minimum absolute atomic E-state index is 0.0413. The quantitative estimate of drug-likeness (QED) is 0.281. The Bertz CT molecular complexity index is 1050. The van der Waals surface area contributed by atoms with Gasteiger partial charge in [-0.3, -0.25) is 10.1 Å². The highest BCUT2D eigenvalue weighted by Gasteiger charge is 2.18. The molecule has 0 spiro atoms. The van der Waals surface area contributed by atoms with Gasteiger partial charge in [-0.2, -0.15) is 0 Å². The van der Waals surface area contributed by atoms with Gasteiger partial charge in [-0.15, -0.1) is 11.3 Å². The first-order valence-electron chi connectivity index (χ1n) is 9.72. The van der Waals surface area contributed by atoms with E-state index < -0.39 is 10.9 Å². The number of aliphatic carboxylic acids is 1. The number of carboxylic acid groups (broad SMARTS) is 1. The summed E-state index contributed by atoms with van der Waals surface area (Å²) in [6.45, 7) is 2.34. The van der Waals surface area contributed by atoms with Crippen LogP contribution in [-0.4, -0.2) is 25.6 Å². The standard InChI is InChI=1S/C22H23N3O4S/c1-2-3-10-21-23-14-18(12-17(22(26)27)13-19-8-6-11-30-19)24(21)15-16-7-4-5-9-20(16)25(28)29/h4-9,11-12,14H,2-3,10,13,15H2,1H3,(H,26,27)/b17-12+. The van der Waals surface area contributed by atoms with Crippen LogP contribution in [0.25, 0.3) is 6.08 Å². The molecule has 0 atom stereocenters. The van der Waals surface area contributed by atoms with Gasteiger partial charge in [0.15, 0.2) is 0 Å². The zero-order valence-corrected chi connectivity index (χ0v) is 17.5. The van der Waals surface area contributed by atoms with Crippen LogP contribution in [0.1, 0.15) is 41.7 Å². The molecule has 8 heteroatoms. The second kappa shape index (κ2) is 9.98. The maximum Gasteiger partial charge on any atom is 0.332 e. The predicted octanol–water partition coefficient (Wildman–Crippen LogP) is 4.95. The number of benzene rings is 1. The zero-order valence-electron chi connectivity index (χ0n) is 16.7.